The molecule has 2 aromatic heterocycles. The zero-order valence-corrected chi connectivity index (χ0v) is 20.0. The third kappa shape index (κ3) is 5.11. The number of aromatic nitrogens is 3. The van der Waals surface area contributed by atoms with Crippen LogP contribution in [0.25, 0.3) is 10.4 Å². The van der Waals surface area contributed by atoms with E-state index in [9.17, 15) is 9.59 Å². The molecule has 0 bridgehead atoms. The van der Waals surface area contributed by atoms with Crippen LogP contribution in [0, 0.1) is 12.8 Å². The number of carbonyl (C=O) groups excluding carboxylic acids is 2. The first kappa shape index (κ1) is 23.0. The van der Waals surface area contributed by atoms with Crippen molar-refractivity contribution >= 4 is 23.2 Å². The lowest BCUT2D eigenvalue weighted by molar-refractivity contribution is -0.140. The Morgan fingerprint density at radius 2 is 1.97 bits per heavy atom. The van der Waals surface area contributed by atoms with Gasteiger partial charge in [-0.15, -0.1) is 11.3 Å². The summed E-state index contributed by atoms with van der Waals surface area (Å²) in [6.45, 7) is 7.02. The van der Waals surface area contributed by atoms with E-state index in [1.807, 2.05) is 38.4 Å². The molecule has 0 aliphatic carbocycles. The minimum Gasteiger partial charge on any atom is -0.350 e. The van der Waals surface area contributed by atoms with Crippen LogP contribution < -0.4 is 5.32 Å². The van der Waals surface area contributed by atoms with Crippen LogP contribution >= 0.6 is 11.3 Å². The number of thiazole rings is 1. The van der Waals surface area contributed by atoms with Crippen LogP contribution in [0.1, 0.15) is 49.6 Å². The molecule has 1 aliphatic rings. The largest absolute Gasteiger partial charge is 0.350 e. The van der Waals surface area contributed by atoms with Gasteiger partial charge < -0.3 is 10.2 Å². The molecule has 0 saturated carbocycles. The minimum absolute atomic E-state index is 0.0487. The zero-order chi connectivity index (χ0) is 23.4. The van der Waals surface area contributed by atoms with Crippen LogP contribution in [0.5, 0.6) is 0 Å². The van der Waals surface area contributed by atoms with E-state index < -0.39 is 12.0 Å². The van der Waals surface area contributed by atoms with E-state index in [2.05, 4.69) is 32.4 Å². The summed E-state index contributed by atoms with van der Waals surface area (Å²) in [6.07, 6.45) is 6.34. The second kappa shape index (κ2) is 10.2. The van der Waals surface area contributed by atoms with Crippen LogP contribution in [0.2, 0.25) is 0 Å². The van der Waals surface area contributed by atoms with Gasteiger partial charge in [-0.05, 0) is 36.8 Å². The Kier molecular flexibility index (Phi) is 7.13. The normalized spacial score (nSPS) is 16.7. The molecule has 1 saturated heterocycles. The van der Waals surface area contributed by atoms with Crippen LogP contribution in [-0.2, 0) is 16.1 Å². The summed E-state index contributed by atoms with van der Waals surface area (Å²) in [4.78, 5) is 42.1. The molecule has 0 unspecified atom stereocenters. The molecule has 1 aromatic carbocycles. The Hall–Kier alpha value is -3.13. The highest BCUT2D eigenvalue weighted by Crippen LogP contribution is 2.29. The molecule has 172 valence electrons. The van der Waals surface area contributed by atoms with Gasteiger partial charge in [0.15, 0.2) is 0 Å². The number of hydrogen-bond donors (Lipinski definition) is 1. The van der Waals surface area contributed by atoms with Crippen molar-refractivity contribution in [2.45, 2.75) is 52.1 Å². The average Bonchev–Trinajstić information content (AvgIpc) is 3.48. The van der Waals surface area contributed by atoms with E-state index >= 15 is 0 Å². The van der Waals surface area contributed by atoms with Gasteiger partial charge in [0.25, 0.3) is 0 Å². The van der Waals surface area contributed by atoms with Gasteiger partial charge in [-0.3, -0.25) is 19.6 Å². The predicted octanol–water partition coefficient (Wildman–Crippen LogP) is 3.96. The Balaban J connectivity index is 1.40. The van der Waals surface area contributed by atoms with Crippen LogP contribution in [-0.4, -0.2) is 44.3 Å². The number of nitrogens with zero attached hydrogens (tertiary/aromatic N) is 4. The average molecular weight is 464 g/mol. The van der Waals surface area contributed by atoms with Crippen molar-refractivity contribution in [1.82, 2.24) is 25.2 Å². The summed E-state index contributed by atoms with van der Waals surface area (Å²) >= 11 is 1.62. The zero-order valence-electron chi connectivity index (χ0n) is 19.2. The lowest BCUT2D eigenvalue weighted by Gasteiger charge is -2.29. The number of hydrogen-bond acceptors (Lipinski definition) is 6. The molecule has 33 heavy (non-hydrogen) atoms. The lowest BCUT2D eigenvalue weighted by atomic mass is 9.91. The van der Waals surface area contributed by atoms with Crippen molar-refractivity contribution in [3.63, 3.8) is 0 Å². The van der Waals surface area contributed by atoms with Gasteiger partial charge in [0, 0.05) is 31.7 Å². The molecule has 3 heterocycles. The molecule has 8 heteroatoms. The monoisotopic (exact) mass is 463 g/mol. The second-order valence-electron chi connectivity index (χ2n) is 8.72. The second-order valence-corrected chi connectivity index (χ2v) is 9.58. The number of carbonyl (C=O) groups is 2. The number of likely N-dealkylation sites (tertiary alicyclic amines) is 1. The summed E-state index contributed by atoms with van der Waals surface area (Å²) in [7, 11) is 0. The molecule has 0 spiro atoms. The van der Waals surface area contributed by atoms with E-state index in [1.165, 1.54) is 0 Å². The summed E-state index contributed by atoms with van der Waals surface area (Å²) in [5, 5.41) is 3.03. The number of rotatable bonds is 7. The highest BCUT2D eigenvalue weighted by atomic mass is 32.1. The van der Waals surface area contributed by atoms with E-state index in [-0.39, 0.29) is 17.7 Å². The molecule has 1 N–H and O–H groups in total. The maximum atomic E-state index is 13.4. The van der Waals surface area contributed by atoms with Crippen molar-refractivity contribution in [2.24, 2.45) is 5.92 Å². The smallest absolute Gasteiger partial charge is 0.243 e. The maximum Gasteiger partial charge on any atom is 0.243 e. The van der Waals surface area contributed by atoms with Crippen molar-refractivity contribution in [3.8, 4) is 10.4 Å². The fourth-order valence-electron chi connectivity index (χ4n) is 4.37. The molecule has 1 fully saturated rings. The van der Waals surface area contributed by atoms with Crippen molar-refractivity contribution in [3.05, 3.63) is 65.3 Å². The first-order valence-electron chi connectivity index (χ1n) is 11.3. The van der Waals surface area contributed by atoms with Crippen LogP contribution in [0.4, 0.5) is 0 Å². The molecule has 1 aliphatic heterocycles. The Labute approximate surface area is 198 Å². The predicted molar refractivity (Wildman–Crippen MR) is 128 cm³/mol. The lowest BCUT2D eigenvalue weighted by Crippen LogP contribution is -2.48. The maximum absolute atomic E-state index is 13.4. The van der Waals surface area contributed by atoms with E-state index in [1.54, 1.807) is 34.8 Å². The summed E-state index contributed by atoms with van der Waals surface area (Å²) < 4.78 is 0. The van der Waals surface area contributed by atoms with Crippen LogP contribution in [0.15, 0.2) is 48.4 Å². The number of nitrogens with one attached hydrogen (secondary N) is 1. The highest BCUT2D eigenvalue weighted by molar-refractivity contribution is 7.13. The fourth-order valence-corrected chi connectivity index (χ4v) is 5.18. The summed E-state index contributed by atoms with van der Waals surface area (Å²) in [5.41, 5.74) is 5.67. The molecule has 3 aromatic rings. The summed E-state index contributed by atoms with van der Waals surface area (Å²) in [6, 6.07) is 7.71. The topological polar surface area (TPSA) is 88.1 Å². The quantitative estimate of drug-likeness (QED) is 0.573. The van der Waals surface area contributed by atoms with Gasteiger partial charge in [-0.2, -0.15) is 0 Å². The van der Waals surface area contributed by atoms with E-state index in [4.69, 9.17) is 0 Å². The third-order valence-corrected chi connectivity index (χ3v) is 7.08. The molecule has 4 rings (SSSR count). The number of aryl methyl sites for hydroxylation is 1. The van der Waals surface area contributed by atoms with Crippen molar-refractivity contribution < 1.29 is 9.59 Å². The Morgan fingerprint density at radius 1 is 1.18 bits per heavy atom. The standard InChI is InChI=1S/C25H29N5O2S/c1-16(2)22(20-14-26-10-11-27-20)25(32)30-12-4-5-21(30)24(31)28-13-18-6-8-19(9-7-18)23-17(3)29-15-33-23/h6-11,14-16,21-22H,4-5,12-13H2,1-3H3,(H,28,31)/t21-,22+/m0/s1. The van der Waals surface area contributed by atoms with Crippen LogP contribution in [0.3, 0.4) is 0 Å². The van der Waals surface area contributed by atoms with E-state index in [0.29, 0.717) is 25.2 Å². The molecular weight excluding hydrogens is 434 g/mol. The fraction of sp³-hybridized carbons (Fsp3) is 0.400. The molecule has 0 radical (unpaired) electrons. The highest BCUT2D eigenvalue weighted by Gasteiger charge is 2.39. The van der Waals surface area contributed by atoms with Gasteiger partial charge in [0.1, 0.15) is 6.04 Å². The molecule has 2 amide bonds. The third-order valence-electron chi connectivity index (χ3n) is 6.10. The SMILES string of the molecule is Cc1ncsc1-c1ccc(CNC(=O)[C@@H]2CCCN2C(=O)[C@@H](c2cnccn2)C(C)C)cc1. The van der Waals surface area contributed by atoms with Crippen molar-refractivity contribution in [2.75, 3.05) is 6.54 Å². The van der Waals surface area contributed by atoms with Gasteiger partial charge in [0.2, 0.25) is 11.8 Å². The first-order chi connectivity index (χ1) is 16.0. The molecular formula is C25H29N5O2S. The van der Waals surface area contributed by atoms with Gasteiger partial charge in [-0.1, -0.05) is 38.1 Å². The Bertz CT molecular complexity index is 1100. The minimum atomic E-state index is -0.450. The first-order valence-corrected chi connectivity index (χ1v) is 12.2. The van der Waals surface area contributed by atoms with Gasteiger partial charge >= 0.3 is 0 Å². The number of amides is 2. The summed E-state index contributed by atoms with van der Waals surface area (Å²) in [5.74, 6) is -0.508. The number of benzene rings is 1. The Morgan fingerprint density at radius 3 is 2.61 bits per heavy atom. The van der Waals surface area contributed by atoms with Crippen molar-refractivity contribution in [1.29, 1.82) is 0 Å². The van der Waals surface area contributed by atoms with E-state index in [0.717, 1.165) is 28.1 Å². The van der Waals surface area contributed by atoms with Gasteiger partial charge in [-0.25, -0.2) is 4.98 Å². The molecule has 7 nitrogen and oxygen atoms in total. The molecule has 2 atom stereocenters. The van der Waals surface area contributed by atoms with Gasteiger partial charge in [0.05, 0.1) is 27.7 Å².